The van der Waals surface area contributed by atoms with Crippen LogP contribution >= 0.6 is 0 Å². The minimum absolute atomic E-state index is 0.00836. The summed E-state index contributed by atoms with van der Waals surface area (Å²) in [6.07, 6.45) is 0.877. The Morgan fingerprint density at radius 1 is 1.40 bits per heavy atom. The standard InChI is InChI=1S/C14H20FN3O2/c15-12-3-2-11(10-13(12)16)14(19)17-4-1-5-18-6-8-20-9-7-18/h2-3,10H,1,4-9,16H2,(H,17,19). The van der Waals surface area contributed by atoms with Crippen molar-refractivity contribution in [1.82, 2.24) is 10.2 Å². The van der Waals surface area contributed by atoms with Gasteiger partial charge in [-0.2, -0.15) is 0 Å². The van der Waals surface area contributed by atoms with Crippen molar-refractivity contribution >= 4 is 11.6 Å². The lowest BCUT2D eigenvalue weighted by Crippen LogP contribution is -2.38. The molecule has 1 aromatic rings. The van der Waals surface area contributed by atoms with Crippen molar-refractivity contribution in [3.8, 4) is 0 Å². The lowest BCUT2D eigenvalue weighted by atomic mass is 10.2. The molecule has 0 radical (unpaired) electrons. The number of hydrogen-bond acceptors (Lipinski definition) is 4. The lowest BCUT2D eigenvalue weighted by molar-refractivity contribution is 0.0374. The first-order valence-electron chi connectivity index (χ1n) is 6.80. The highest BCUT2D eigenvalue weighted by molar-refractivity contribution is 5.94. The summed E-state index contributed by atoms with van der Waals surface area (Å²) in [5, 5.41) is 2.81. The van der Waals surface area contributed by atoms with Gasteiger partial charge in [-0.25, -0.2) is 4.39 Å². The normalized spacial score (nSPS) is 16.1. The molecule has 0 saturated carbocycles. The summed E-state index contributed by atoms with van der Waals surface area (Å²) in [6, 6.07) is 3.99. The van der Waals surface area contributed by atoms with Gasteiger partial charge in [-0.3, -0.25) is 9.69 Å². The zero-order chi connectivity index (χ0) is 14.4. The molecular weight excluding hydrogens is 261 g/mol. The molecule has 1 aromatic carbocycles. The molecule has 1 heterocycles. The maximum Gasteiger partial charge on any atom is 0.251 e. The Morgan fingerprint density at radius 3 is 2.85 bits per heavy atom. The van der Waals surface area contributed by atoms with E-state index < -0.39 is 5.82 Å². The van der Waals surface area contributed by atoms with Crippen LogP contribution in [0.2, 0.25) is 0 Å². The second kappa shape index (κ2) is 7.21. The van der Waals surface area contributed by atoms with Gasteiger partial charge in [0, 0.05) is 25.2 Å². The van der Waals surface area contributed by atoms with Gasteiger partial charge < -0.3 is 15.8 Å². The molecule has 110 valence electrons. The number of benzene rings is 1. The molecule has 3 N–H and O–H groups in total. The quantitative estimate of drug-likeness (QED) is 0.620. The number of rotatable bonds is 5. The third-order valence-electron chi connectivity index (χ3n) is 3.30. The van der Waals surface area contributed by atoms with Crippen LogP contribution in [0.1, 0.15) is 16.8 Å². The van der Waals surface area contributed by atoms with Crippen LogP contribution in [0.5, 0.6) is 0 Å². The van der Waals surface area contributed by atoms with Gasteiger partial charge in [-0.1, -0.05) is 0 Å². The molecule has 1 fully saturated rings. The van der Waals surface area contributed by atoms with Crippen LogP contribution in [0.3, 0.4) is 0 Å². The van der Waals surface area contributed by atoms with E-state index in [1.54, 1.807) is 0 Å². The van der Waals surface area contributed by atoms with Crippen molar-refractivity contribution in [1.29, 1.82) is 0 Å². The van der Waals surface area contributed by atoms with E-state index in [0.717, 1.165) is 39.3 Å². The minimum Gasteiger partial charge on any atom is -0.396 e. The lowest BCUT2D eigenvalue weighted by Gasteiger charge is -2.26. The van der Waals surface area contributed by atoms with Gasteiger partial charge in [0.25, 0.3) is 5.91 Å². The van der Waals surface area contributed by atoms with Crippen molar-refractivity contribution in [2.45, 2.75) is 6.42 Å². The van der Waals surface area contributed by atoms with Gasteiger partial charge in [0.15, 0.2) is 0 Å². The zero-order valence-electron chi connectivity index (χ0n) is 11.4. The van der Waals surface area contributed by atoms with E-state index in [-0.39, 0.29) is 11.6 Å². The monoisotopic (exact) mass is 281 g/mol. The summed E-state index contributed by atoms with van der Waals surface area (Å²) >= 11 is 0. The highest BCUT2D eigenvalue weighted by Crippen LogP contribution is 2.12. The molecule has 0 bridgehead atoms. The summed E-state index contributed by atoms with van der Waals surface area (Å²) < 4.78 is 18.3. The molecule has 0 aromatic heterocycles. The van der Waals surface area contributed by atoms with Crippen LogP contribution in [0, 0.1) is 5.82 Å². The minimum atomic E-state index is -0.506. The molecule has 20 heavy (non-hydrogen) atoms. The van der Waals surface area contributed by atoms with Crippen LogP contribution in [0.4, 0.5) is 10.1 Å². The number of nitrogens with zero attached hydrogens (tertiary/aromatic N) is 1. The molecule has 0 aliphatic carbocycles. The van der Waals surface area contributed by atoms with Crippen molar-refractivity contribution < 1.29 is 13.9 Å². The van der Waals surface area contributed by atoms with E-state index in [2.05, 4.69) is 10.2 Å². The predicted octanol–water partition coefficient (Wildman–Crippen LogP) is 0.860. The van der Waals surface area contributed by atoms with E-state index in [4.69, 9.17) is 10.5 Å². The van der Waals surface area contributed by atoms with Gasteiger partial charge in [0.1, 0.15) is 5.82 Å². The number of amides is 1. The second-order valence-electron chi connectivity index (χ2n) is 4.80. The van der Waals surface area contributed by atoms with Crippen LogP contribution in [-0.2, 0) is 4.74 Å². The average molecular weight is 281 g/mol. The van der Waals surface area contributed by atoms with Gasteiger partial charge in [-0.15, -0.1) is 0 Å². The molecule has 1 saturated heterocycles. The molecule has 2 rings (SSSR count). The van der Waals surface area contributed by atoms with E-state index in [1.165, 1.54) is 18.2 Å². The predicted molar refractivity (Wildman–Crippen MR) is 75.0 cm³/mol. The Morgan fingerprint density at radius 2 is 2.15 bits per heavy atom. The van der Waals surface area contributed by atoms with E-state index in [0.29, 0.717) is 12.1 Å². The Bertz CT molecular complexity index is 462. The number of nitrogens with one attached hydrogen (secondary N) is 1. The number of nitrogen functional groups attached to an aromatic ring is 1. The maximum absolute atomic E-state index is 13.0. The van der Waals surface area contributed by atoms with Gasteiger partial charge in [-0.05, 0) is 31.2 Å². The van der Waals surface area contributed by atoms with Crippen LogP contribution in [-0.4, -0.2) is 50.2 Å². The molecule has 0 atom stereocenters. The summed E-state index contributed by atoms with van der Waals surface area (Å²) in [6.45, 7) is 4.98. The summed E-state index contributed by atoms with van der Waals surface area (Å²) in [5.74, 6) is -0.729. The molecule has 6 heteroatoms. The number of nitrogens with two attached hydrogens (primary N) is 1. The largest absolute Gasteiger partial charge is 0.396 e. The average Bonchev–Trinajstić information content (AvgIpc) is 2.47. The first-order valence-corrected chi connectivity index (χ1v) is 6.80. The number of morpholine rings is 1. The molecular formula is C14H20FN3O2. The number of carbonyl (C=O) groups is 1. The topological polar surface area (TPSA) is 67.6 Å². The summed E-state index contributed by atoms with van der Waals surface area (Å²) in [4.78, 5) is 14.1. The Labute approximate surface area is 117 Å². The van der Waals surface area contributed by atoms with Crippen LogP contribution < -0.4 is 11.1 Å². The molecule has 5 nitrogen and oxygen atoms in total. The third-order valence-corrected chi connectivity index (χ3v) is 3.30. The van der Waals surface area contributed by atoms with Crippen molar-refractivity contribution in [3.63, 3.8) is 0 Å². The molecule has 0 unspecified atom stereocenters. The molecule has 0 spiro atoms. The highest BCUT2D eigenvalue weighted by Gasteiger charge is 2.10. The second-order valence-corrected chi connectivity index (χ2v) is 4.80. The number of anilines is 1. The van der Waals surface area contributed by atoms with Crippen molar-refractivity contribution in [2.75, 3.05) is 45.1 Å². The fourth-order valence-electron chi connectivity index (χ4n) is 2.12. The molecule has 1 aliphatic heterocycles. The van der Waals surface area contributed by atoms with Crippen molar-refractivity contribution in [2.24, 2.45) is 0 Å². The number of ether oxygens (including phenoxy) is 1. The first kappa shape index (κ1) is 14.7. The number of carbonyl (C=O) groups excluding carboxylic acids is 1. The smallest absolute Gasteiger partial charge is 0.251 e. The van der Waals surface area contributed by atoms with Crippen LogP contribution in [0.25, 0.3) is 0 Å². The maximum atomic E-state index is 13.0. The SMILES string of the molecule is Nc1cc(C(=O)NCCCN2CCOCC2)ccc1F. The summed E-state index contributed by atoms with van der Waals surface area (Å²) in [7, 11) is 0. The fraction of sp³-hybridized carbons (Fsp3) is 0.500. The Balaban J connectivity index is 1.70. The third kappa shape index (κ3) is 4.18. The molecule has 1 aliphatic rings. The number of halogens is 1. The van der Waals surface area contributed by atoms with Crippen molar-refractivity contribution in [3.05, 3.63) is 29.6 Å². The van der Waals surface area contributed by atoms with Crippen LogP contribution in [0.15, 0.2) is 18.2 Å². The number of hydrogen-bond donors (Lipinski definition) is 2. The Kier molecular flexibility index (Phi) is 5.31. The van der Waals surface area contributed by atoms with Gasteiger partial charge >= 0.3 is 0 Å². The summed E-state index contributed by atoms with van der Waals surface area (Å²) in [5.41, 5.74) is 5.81. The van der Waals surface area contributed by atoms with E-state index >= 15 is 0 Å². The molecule has 1 amide bonds. The Hall–Kier alpha value is -1.66. The van der Waals surface area contributed by atoms with Gasteiger partial charge in [0.2, 0.25) is 0 Å². The van der Waals surface area contributed by atoms with E-state index in [9.17, 15) is 9.18 Å². The van der Waals surface area contributed by atoms with E-state index in [1.807, 2.05) is 0 Å². The van der Waals surface area contributed by atoms with Gasteiger partial charge in [0.05, 0.1) is 18.9 Å². The first-order chi connectivity index (χ1) is 9.66. The highest BCUT2D eigenvalue weighted by atomic mass is 19.1. The zero-order valence-corrected chi connectivity index (χ0v) is 11.4. The fourth-order valence-corrected chi connectivity index (χ4v) is 2.12.